The number of hydrogen-bond donors (Lipinski definition) is 3. The van der Waals surface area contributed by atoms with Crippen LogP contribution < -0.4 is 0 Å². The topological polar surface area (TPSA) is 116 Å². The third-order valence-corrected chi connectivity index (χ3v) is 8.24. The Hall–Kier alpha value is -2.66. The first-order valence-corrected chi connectivity index (χ1v) is 15.3. The van der Waals surface area contributed by atoms with Gasteiger partial charge in [-0.05, 0) is 62.4 Å². The molecule has 2 saturated carbocycles. The van der Waals surface area contributed by atoms with Crippen LogP contribution in [0.25, 0.3) is 0 Å². The van der Waals surface area contributed by atoms with Crippen molar-refractivity contribution in [3.05, 3.63) is 93.2 Å². The van der Waals surface area contributed by atoms with Crippen LogP contribution in [0, 0.1) is 11.2 Å². The van der Waals surface area contributed by atoms with Gasteiger partial charge < -0.3 is 25.0 Å². The van der Waals surface area contributed by atoms with Gasteiger partial charge in [0.05, 0.1) is 42.6 Å². The summed E-state index contributed by atoms with van der Waals surface area (Å²) < 4.78 is 20.9. The molecule has 43 heavy (non-hydrogen) atoms. The smallest absolute Gasteiger partial charge is 0.257 e. The van der Waals surface area contributed by atoms with Crippen LogP contribution in [0.15, 0.2) is 54.9 Å². The van der Waals surface area contributed by atoms with Gasteiger partial charge in [0.1, 0.15) is 11.6 Å². The van der Waals surface area contributed by atoms with E-state index in [9.17, 15) is 19.4 Å². The summed E-state index contributed by atoms with van der Waals surface area (Å²) in [6.07, 6.45) is 8.52. The molecule has 0 bridgehead atoms. The second-order valence-electron chi connectivity index (χ2n) is 11.3. The Balaban J connectivity index is 0.000000246. The van der Waals surface area contributed by atoms with E-state index in [1.54, 1.807) is 0 Å². The summed E-state index contributed by atoms with van der Waals surface area (Å²) in [5.74, 6) is -0.715. The lowest BCUT2D eigenvalue weighted by molar-refractivity contribution is -0.0679. The molecule has 1 aromatic heterocycles. The van der Waals surface area contributed by atoms with E-state index in [0.29, 0.717) is 16.4 Å². The number of fused-ring (bicyclic) bond motifs is 1. The lowest BCUT2D eigenvalue weighted by atomic mass is 9.98. The predicted octanol–water partition coefficient (Wildman–Crippen LogP) is 6.42. The molecule has 1 amide bonds. The predicted molar refractivity (Wildman–Crippen MR) is 162 cm³/mol. The van der Waals surface area contributed by atoms with Gasteiger partial charge in [0.15, 0.2) is 6.23 Å². The van der Waals surface area contributed by atoms with E-state index in [0.717, 1.165) is 30.7 Å². The van der Waals surface area contributed by atoms with E-state index >= 15 is 0 Å². The lowest BCUT2D eigenvalue weighted by Gasteiger charge is -2.26. The van der Waals surface area contributed by atoms with Gasteiger partial charge in [-0.15, -0.1) is 0 Å². The number of aliphatic hydroxyl groups is 3. The number of aliphatic hydroxyl groups excluding tert-OH is 3. The fraction of sp³-hybridized carbons (Fsp3) is 0.469. The van der Waals surface area contributed by atoms with Gasteiger partial charge >= 0.3 is 0 Å². The maximum Gasteiger partial charge on any atom is 0.257 e. The highest BCUT2D eigenvalue weighted by Gasteiger charge is 2.46. The highest BCUT2D eigenvalue weighted by atomic mass is 35.5. The molecule has 0 spiro atoms. The van der Waals surface area contributed by atoms with Crippen molar-refractivity contribution < 1.29 is 29.2 Å². The van der Waals surface area contributed by atoms with Gasteiger partial charge in [0.25, 0.3) is 5.91 Å². The molecule has 2 heterocycles. The molecule has 8 nitrogen and oxygen atoms in total. The minimum Gasteiger partial charge on any atom is -0.396 e. The van der Waals surface area contributed by atoms with E-state index in [4.69, 9.17) is 33.0 Å². The van der Waals surface area contributed by atoms with Crippen molar-refractivity contribution in [1.29, 1.82) is 0 Å². The molecule has 3 aliphatic rings. The zero-order valence-corrected chi connectivity index (χ0v) is 25.6. The summed E-state index contributed by atoms with van der Waals surface area (Å²) in [6, 6.07) is 12.2. The molecule has 2 fully saturated rings. The van der Waals surface area contributed by atoms with Crippen LogP contribution in [-0.2, 0) is 11.3 Å². The largest absolute Gasteiger partial charge is 0.396 e. The van der Waals surface area contributed by atoms with Gasteiger partial charge in [-0.1, -0.05) is 60.7 Å². The normalized spacial score (nSPS) is 19.5. The molecule has 232 valence electrons. The van der Waals surface area contributed by atoms with Gasteiger partial charge in [0, 0.05) is 28.4 Å². The van der Waals surface area contributed by atoms with E-state index in [-0.39, 0.29) is 42.4 Å². The van der Waals surface area contributed by atoms with Crippen LogP contribution >= 0.6 is 23.2 Å². The van der Waals surface area contributed by atoms with Crippen LogP contribution in [0.5, 0.6) is 0 Å². The molecule has 2 aliphatic carbocycles. The molecule has 0 radical (unpaired) electrons. The molecule has 2 atom stereocenters. The van der Waals surface area contributed by atoms with Gasteiger partial charge in [0.2, 0.25) is 0 Å². The Morgan fingerprint density at radius 1 is 1.07 bits per heavy atom. The SMILES string of the molecule is CC(O)c1cc(F)c2c(c1)C(=O)N(Cc1ncc(Cl)cn1)C2OCC1(CO)CC1.Clc1ccccc1.OC1CCCCC1. The molecule has 3 N–H and O–H groups in total. The third-order valence-electron chi connectivity index (χ3n) is 7.79. The molecular weight excluding hydrogens is 596 g/mol. The van der Waals surface area contributed by atoms with Crippen LogP contribution in [0.1, 0.15) is 91.5 Å². The van der Waals surface area contributed by atoms with Crippen molar-refractivity contribution in [3.63, 3.8) is 0 Å². The monoisotopic (exact) mass is 633 g/mol. The Morgan fingerprint density at radius 2 is 1.72 bits per heavy atom. The molecule has 0 saturated heterocycles. The number of benzene rings is 2. The number of hydrogen-bond acceptors (Lipinski definition) is 7. The van der Waals surface area contributed by atoms with Gasteiger partial charge in [-0.2, -0.15) is 0 Å². The second kappa shape index (κ2) is 15.4. The van der Waals surface area contributed by atoms with Gasteiger partial charge in [-0.25, -0.2) is 14.4 Å². The number of aromatic nitrogens is 2. The molecule has 6 rings (SSSR count). The third kappa shape index (κ3) is 9.17. The quantitative estimate of drug-likeness (QED) is 0.275. The van der Waals surface area contributed by atoms with Crippen molar-refractivity contribution in [1.82, 2.24) is 14.9 Å². The Bertz CT molecular complexity index is 1340. The Morgan fingerprint density at radius 3 is 2.21 bits per heavy atom. The number of carbonyl (C=O) groups excluding carboxylic acids is 1. The first kappa shape index (κ1) is 33.2. The highest BCUT2D eigenvalue weighted by molar-refractivity contribution is 6.30. The number of ether oxygens (including phenoxy) is 1. The van der Waals surface area contributed by atoms with Crippen molar-refractivity contribution in [3.8, 4) is 0 Å². The molecule has 2 unspecified atom stereocenters. The number of carbonyl (C=O) groups is 1. The van der Waals surface area contributed by atoms with Crippen molar-refractivity contribution in [2.24, 2.45) is 5.41 Å². The fourth-order valence-corrected chi connectivity index (χ4v) is 5.15. The summed E-state index contributed by atoms with van der Waals surface area (Å²) in [5.41, 5.74) is 0.257. The van der Waals surface area contributed by atoms with E-state index in [1.807, 2.05) is 30.3 Å². The van der Waals surface area contributed by atoms with Crippen molar-refractivity contribution in [2.45, 2.75) is 76.9 Å². The Labute approximate surface area is 261 Å². The Kier molecular flexibility index (Phi) is 11.9. The van der Waals surface area contributed by atoms with E-state index in [1.165, 1.54) is 55.6 Å². The summed E-state index contributed by atoms with van der Waals surface area (Å²) in [5, 5.41) is 29.5. The molecule has 3 aromatic rings. The molecule has 2 aromatic carbocycles. The minimum absolute atomic E-state index is 0.00489. The average Bonchev–Trinajstić information content (AvgIpc) is 3.74. The number of amides is 1. The maximum absolute atomic E-state index is 14.9. The van der Waals surface area contributed by atoms with Crippen LogP contribution in [-0.4, -0.2) is 55.4 Å². The number of rotatable bonds is 7. The summed E-state index contributed by atoms with van der Waals surface area (Å²) in [6.45, 7) is 1.69. The first-order chi connectivity index (χ1) is 20.6. The summed E-state index contributed by atoms with van der Waals surface area (Å²) in [4.78, 5) is 22.7. The zero-order chi connectivity index (χ0) is 31.0. The summed E-state index contributed by atoms with van der Waals surface area (Å²) >= 11 is 11.4. The van der Waals surface area contributed by atoms with Crippen molar-refractivity contribution >= 4 is 29.1 Å². The standard InChI is InChI=1S/C20H21ClFN3O4.C6H5Cl.C6H12O/c1-11(27)12-4-14-17(15(22)5-12)19(29-10-20(9-26)2-3-20)25(18(14)28)8-16-23-6-13(21)7-24-16;2*7-6-4-2-1-3-5-6/h4-7,11,19,26-27H,2-3,8-10H2,1H3;1-5H;6-7H,1-5H2. The fourth-order valence-electron chi connectivity index (χ4n) is 4.90. The van der Waals surface area contributed by atoms with Gasteiger partial charge in [-0.3, -0.25) is 4.79 Å². The molecule has 1 aliphatic heterocycles. The summed E-state index contributed by atoms with van der Waals surface area (Å²) in [7, 11) is 0. The number of nitrogens with zero attached hydrogens (tertiary/aromatic N) is 3. The first-order valence-electron chi connectivity index (χ1n) is 14.5. The van der Waals surface area contributed by atoms with Crippen molar-refractivity contribution in [2.75, 3.05) is 13.2 Å². The molecular formula is C32H38Cl2FN3O5. The van der Waals surface area contributed by atoms with Crippen LogP contribution in [0.2, 0.25) is 10.0 Å². The number of halogens is 3. The highest BCUT2D eigenvalue weighted by Crippen LogP contribution is 2.47. The minimum atomic E-state index is -0.969. The van der Waals surface area contributed by atoms with Crippen LogP contribution in [0.4, 0.5) is 4.39 Å². The maximum atomic E-state index is 14.9. The van der Waals surface area contributed by atoms with Crippen LogP contribution in [0.3, 0.4) is 0 Å². The molecule has 11 heteroatoms. The van der Waals surface area contributed by atoms with E-state index in [2.05, 4.69) is 9.97 Å². The average molecular weight is 635 g/mol. The zero-order valence-electron chi connectivity index (χ0n) is 24.1. The van der Waals surface area contributed by atoms with E-state index < -0.39 is 24.1 Å². The second-order valence-corrected chi connectivity index (χ2v) is 12.2. The lowest BCUT2D eigenvalue weighted by Crippen LogP contribution is -2.31.